The first-order valence-corrected chi connectivity index (χ1v) is 8.94. The third kappa shape index (κ3) is 4.56. The number of hydrogen-bond acceptors (Lipinski definition) is 2. The molecule has 1 unspecified atom stereocenters. The lowest BCUT2D eigenvalue weighted by Gasteiger charge is -2.15. The lowest BCUT2D eigenvalue weighted by molar-refractivity contribution is 0.580. The molecule has 0 aliphatic heterocycles. The highest BCUT2D eigenvalue weighted by molar-refractivity contribution is 9.10. The standard InChI is InChI=1S/C13H18BrClO2S/c1-10(2)18(16,17)8-7-12(9-15)11-3-5-13(14)6-4-11/h3-6,10,12H,7-9H2,1-2H3. The molecular weight excluding hydrogens is 336 g/mol. The lowest BCUT2D eigenvalue weighted by atomic mass is 9.99. The van der Waals surface area contributed by atoms with Crippen molar-refractivity contribution >= 4 is 37.4 Å². The molecule has 1 aromatic rings. The van der Waals surface area contributed by atoms with E-state index in [-0.39, 0.29) is 16.9 Å². The van der Waals surface area contributed by atoms with E-state index in [0.717, 1.165) is 10.0 Å². The van der Waals surface area contributed by atoms with Gasteiger partial charge in [0.25, 0.3) is 0 Å². The van der Waals surface area contributed by atoms with Gasteiger partial charge < -0.3 is 0 Å². The van der Waals surface area contributed by atoms with Crippen molar-refractivity contribution in [2.45, 2.75) is 31.4 Å². The van der Waals surface area contributed by atoms with E-state index in [1.165, 1.54) is 0 Å². The maximum atomic E-state index is 11.8. The monoisotopic (exact) mass is 352 g/mol. The average molecular weight is 354 g/mol. The van der Waals surface area contributed by atoms with Crippen molar-refractivity contribution in [1.82, 2.24) is 0 Å². The summed E-state index contributed by atoms with van der Waals surface area (Å²) in [5.74, 6) is 0.723. The van der Waals surface area contributed by atoms with Gasteiger partial charge in [0.2, 0.25) is 0 Å². The maximum absolute atomic E-state index is 11.8. The summed E-state index contributed by atoms with van der Waals surface area (Å²) in [6.07, 6.45) is 0.575. The SMILES string of the molecule is CC(C)S(=O)(=O)CCC(CCl)c1ccc(Br)cc1. The van der Waals surface area contributed by atoms with Crippen LogP contribution in [-0.2, 0) is 9.84 Å². The number of alkyl halides is 1. The Morgan fingerprint density at radius 3 is 2.22 bits per heavy atom. The van der Waals surface area contributed by atoms with Crippen molar-refractivity contribution in [2.24, 2.45) is 0 Å². The Morgan fingerprint density at radius 1 is 1.22 bits per heavy atom. The first-order valence-electron chi connectivity index (χ1n) is 5.90. The summed E-state index contributed by atoms with van der Waals surface area (Å²) in [6, 6.07) is 7.87. The van der Waals surface area contributed by atoms with E-state index in [1.54, 1.807) is 13.8 Å². The first kappa shape index (κ1) is 16.0. The van der Waals surface area contributed by atoms with Crippen LogP contribution in [0.3, 0.4) is 0 Å². The molecule has 2 nitrogen and oxygen atoms in total. The predicted octanol–water partition coefficient (Wildman–Crippen LogP) is 3.98. The van der Waals surface area contributed by atoms with Gasteiger partial charge in [-0.3, -0.25) is 0 Å². The van der Waals surface area contributed by atoms with Gasteiger partial charge >= 0.3 is 0 Å². The van der Waals surface area contributed by atoms with Gasteiger partial charge in [0, 0.05) is 10.4 Å². The first-order chi connectivity index (χ1) is 8.36. The molecule has 1 aromatic carbocycles. The maximum Gasteiger partial charge on any atom is 0.152 e. The lowest BCUT2D eigenvalue weighted by Crippen LogP contribution is -2.19. The van der Waals surface area contributed by atoms with Gasteiger partial charge in [-0.2, -0.15) is 0 Å². The van der Waals surface area contributed by atoms with Crippen LogP contribution in [0.4, 0.5) is 0 Å². The third-order valence-electron chi connectivity index (χ3n) is 3.00. The van der Waals surface area contributed by atoms with Crippen LogP contribution in [0.5, 0.6) is 0 Å². The van der Waals surface area contributed by atoms with Crippen LogP contribution in [0.2, 0.25) is 0 Å². The zero-order chi connectivity index (χ0) is 13.8. The Morgan fingerprint density at radius 2 is 1.78 bits per heavy atom. The molecule has 1 atom stereocenters. The Kier molecular flexibility index (Phi) is 6.15. The van der Waals surface area contributed by atoms with E-state index in [9.17, 15) is 8.42 Å². The van der Waals surface area contributed by atoms with Crippen molar-refractivity contribution < 1.29 is 8.42 Å². The Hall–Kier alpha value is -0.0600. The molecule has 0 saturated heterocycles. The molecule has 0 aliphatic carbocycles. The van der Waals surface area contributed by atoms with Gasteiger partial charge in [-0.25, -0.2) is 8.42 Å². The fourth-order valence-electron chi connectivity index (χ4n) is 1.61. The Labute approximate surface area is 123 Å². The summed E-state index contributed by atoms with van der Waals surface area (Å²) in [5, 5.41) is -0.321. The summed E-state index contributed by atoms with van der Waals surface area (Å²) < 4.78 is 24.6. The Bertz CT molecular complexity index is 468. The quantitative estimate of drug-likeness (QED) is 0.725. The zero-order valence-corrected chi connectivity index (χ0v) is 13.7. The second-order valence-electron chi connectivity index (χ2n) is 4.61. The number of benzene rings is 1. The molecule has 0 amide bonds. The van der Waals surface area contributed by atoms with Crippen LogP contribution in [0.25, 0.3) is 0 Å². The summed E-state index contributed by atoms with van der Waals surface area (Å²) in [7, 11) is -2.99. The molecule has 0 saturated carbocycles. The van der Waals surface area contributed by atoms with Crippen LogP contribution in [-0.4, -0.2) is 25.3 Å². The van der Waals surface area contributed by atoms with E-state index in [2.05, 4.69) is 15.9 Å². The molecule has 0 fully saturated rings. The predicted molar refractivity (Wildman–Crippen MR) is 81.1 cm³/mol. The second-order valence-corrected chi connectivity index (χ2v) is 8.51. The van der Waals surface area contributed by atoms with E-state index in [0.29, 0.717) is 12.3 Å². The molecule has 0 aliphatic rings. The summed E-state index contributed by atoms with van der Waals surface area (Å²) in [4.78, 5) is 0. The molecule has 0 heterocycles. The van der Waals surface area contributed by atoms with Gasteiger partial charge in [0.05, 0.1) is 11.0 Å². The minimum absolute atomic E-state index is 0.0910. The van der Waals surface area contributed by atoms with Crippen molar-refractivity contribution in [3.05, 3.63) is 34.3 Å². The summed E-state index contributed by atoms with van der Waals surface area (Å²) >= 11 is 9.32. The minimum Gasteiger partial charge on any atom is -0.229 e. The highest BCUT2D eigenvalue weighted by Gasteiger charge is 2.19. The molecule has 0 bridgehead atoms. The summed E-state index contributed by atoms with van der Waals surface area (Å²) in [6.45, 7) is 3.43. The number of sulfone groups is 1. The highest BCUT2D eigenvalue weighted by atomic mass is 79.9. The van der Waals surface area contributed by atoms with Gasteiger partial charge in [0.15, 0.2) is 9.84 Å². The van der Waals surface area contributed by atoms with Gasteiger partial charge in [-0.05, 0) is 43.9 Å². The Balaban J connectivity index is 2.72. The normalized spacial score (nSPS) is 13.8. The molecule has 5 heteroatoms. The molecule has 0 aromatic heterocycles. The molecular formula is C13H18BrClO2S. The fourth-order valence-corrected chi connectivity index (χ4v) is 3.29. The molecule has 18 heavy (non-hydrogen) atoms. The van der Waals surface area contributed by atoms with Gasteiger partial charge in [0.1, 0.15) is 0 Å². The molecule has 0 spiro atoms. The molecule has 0 radical (unpaired) electrons. The van der Waals surface area contributed by atoms with Crippen molar-refractivity contribution in [3.63, 3.8) is 0 Å². The molecule has 1 rings (SSSR count). The van der Waals surface area contributed by atoms with E-state index >= 15 is 0 Å². The number of hydrogen-bond donors (Lipinski definition) is 0. The van der Waals surface area contributed by atoms with Gasteiger partial charge in [-0.15, -0.1) is 11.6 Å². The van der Waals surface area contributed by atoms with Crippen LogP contribution < -0.4 is 0 Å². The number of rotatable bonds is 6. The molecule has 0 N–H and O–H groups in total. The summed E-state index contributed by atoms with van der Waals surface area (Å²) in [5.41, 5.74) is 1.09. The molecule has 102 valence electrons. The van der Waals surface area contributed by atoms with Crippen LogP contribution in [0.1, 0.15) is 31.7 Å². The van der Waals surface area contributed by atoms with Crippen LogP contribution >= 0.6 is 27.5 Å². The van der Waals surface area contributed by atoms with Crippen molar-refractivity contribution in [3.8, 4) is 0 Å². The van der Waals surface area contributed by atoms with Gasteiger partial charge in [-0.1, -0.05) is 28.1 Å². The van der Waals surface area contributed by atoms with Crippen LogP contribution in [0, 0.1) is 0 Å². The van der Waals surface area contributed by atoms with E-state index in [4.69, 9.17) is 11.6 Å². The minimum atomic E-state index is -2.99. The van der Waals surface area contributed by atoms with E-state index in [1.807, 2.05) is 24.3 Å². The largest absolute Gasteiger partial charge is 0.229 e. The zero-order valence-electron chi connectivity index (χ0n) is 10.6. The van der Waals surface area contributed by atoms with E-state index < -0.39 is 9.84 Å². The topological polar surface area (TPSA) is 34.1 Å². The smallest absolute Gasteiger partial charge is 0.152 e. The fraction of sp³-hybridized carbons (Fsp3) is 0.538. The van der Waals surface area contributed by atoms with Crippen molar-refractivity contribution in [2.75, 3.05) is 11.6 Å². The van der Waals surface area contributed by atoms with Crippen LogP contribution in [0.15, 0.2) is 28.7 Å². The average Bonchev–Trinajstić information content (AvgIpc) is 2.31. The number of halogens is 2. The third-order valence-corrected chi connectivity index (χ3v) is 6.14. The highest BCUT2D eigenvalue weighted by Crippen LogP contribution is 2.24. The second kappa shape index (κ2) is 6.92. The van der Waals surface area contributed by atoms with Crippen molar-refractivity contribution in [1.29, 1.82) is 0 Å².